The van der Waals surface area contributed by atoms with Gasteiger partial charge >= 0.3 is 0 Å². The molecule has 1 unspecified atom stereocenters. The van der Waals surface area contributed by atoms with E-state index in [9.17, 15) is 0 Å². The highest BCUT2D eigenvalue weighted by atomic mass is 32.2. The second-order valence-electron chi connectivity index (χ2n) is 5.80. The number of fused-ring (bicyclic) bond motifs is 1. The molecule has 22 heavy (non-hydrogen) atoms. The number of nitrogens with zero attached hydrogens (tertiary/aromatic N) is 2. The minimum Gasteiger partial charge on any atom is -0.479 e. The lowest BCUT2D eigenvalue weighted by molar-refractivity contribution is 0.396. The summed E-state index contributed by atoms with van der Waals surface area (Å²) in [4.78, 5) is 10.6. The summed E-state index contributed by atoms with van der Waals surface area (Å²) in [7, 11) is 1.66. The van der Waals surface area contributed by atoms with Crippen LogP contribution in [0.5, 0.6) is 5.88 Å². The van der Waals surface area contributed by atoms with Crippen molar-refractivity contribution in [2.75, 3.05) is 13.7 Å². The van der Waals surface area contributed by atoms with E-state index in [1.807, 2.05) is 36.0 Å². The van der Waals surface area contributed by atoms with E-state index in [2.05, 4.69) is 16.4 Å². The lowest BCUT2D eigenvalue weighted by Gasteiger charge is -2.12. The molecule has 2 aliphatic rings. The van der Waals surface area contributed by atoms with Crippen molar-refractivity contribution in [1.82, 2.24) is 15.3 Å². The number of hydrogen-bond acceptors (Lipinski definition) is 5. The Labute approximate surface area is 134 Å². The highest BCUT2D eigenvalue weighted by molar-refractivity contribution is 8.09. The maximum atomic E-state index is 5.47. The first-order chi connectivity index (χ1) is 10.8. The molecule has 4 rings (SSSR count). The van der Waals surface area contributed by atoms with Gasteiger partial charge < -0.3 is 10.1 Å². The Hall–Kier alpha value is -1.59. The number of ether oxygens (including phenoxy) is 1. The predicted molar refractivity (Wildman–Crippen MR) is 91.1 cm³/mol. The second-order valence-corrected chi connectivity index (χ2v) is 7.14. The van der Waals surface area contributed by atoms with Crippen LogP contribution in [-0.4, -0.2) is 34.9 Å². The van der Waals surface area contributed by atoms with Gasteiger partial charge in [0.15, 0.2) is 0 Å². The normalized spacial score (nSPS) is 21.1. The van der Waals surface area contributed by atoms with E-state index in [1.165, 1.54) is 17.7 Å². The third-order valence-electron chi connectivity index (χ3n) is 4.04. The van der Waals surface area contributed by atoms with Gasteiger partial charge in [-0.1, -0.05) is 18.2 Å². The zero-order chi connectivity index (χ0) is 14.9. The molecular formula is C17H19N3OS. The Bertz CT molecular complexity index is 727. The molecule has 1 aromatic carbocycles. The number of methoxy groups -OCH3 is 1. The van der Waals surface area contributed by atoms with Gasteiger partial charge in [0.1, 0.15) is 5.69 Å². The highest BCUT2D eigenvalue weighted by Gasteiger charge is 2.26. The number of hydrogen-bond donors (Lipinski definition) is 1. The van der Waals surface area contributed by atoms with E-state index >= 15 is 0 Å². The van der Waals surface area contributed by atoms with Crippen molar-refractivity contribution in [2.45, 2.75) is 30.6 Å². The lowest BCUT2D eigenvalue weighted by atomic mass is 10.2. The first-order valence-corrected chi connectivity index (χ1v) is 8.63. The Morgan fingerprint density at radius 2 is 2.00 bits per heavy atom. The molecule has 4 nitrogen and oxygen atoms in total. The molecule has 0 spiro atoms. The molecule has 1 aliphatic carbocycles. The third-order valence-corrected chi connectivity index (χ3v) is 5.34. The van der Waals surface area contributed by atoms with Gasteiger partial charge in [0.25, 0.3) is 0 Å². The number of thioether (sulfide) groups is 1. The van der Waals surface area contributed by atoms with Crippen molar-refractivity contribution < 1.29 is 4.74 Å². The molecule has 1 aliphatic heterocycles. The zero-order valence-electron chi connectivity index (χ0n) is 12.6. The van der Waals surface area contributed by atoms with Gasteiger partial charge in [-0.15, -0.1) is 11.8 Å². The maximum Gasteiger partial charge on any atom is 0.241 e. The van der Waals surface area contributed by atoms with Gasteiger partial charge in [0, 0.05) is 22.7 Å². The minimum atomic E-state index is 0.591. The van der Waals surface area contributed by atoms with E-state index in [0.717, 1.165) is 35.7 Å². The topological polar surface area (TPSA) is 47.0 Å². The fraction of sp³-hybridized carbons (Fsp3) is 0.412. The molecule has 0 bridgehead atoms. The Morgan fingerprint density at radius 1 is 1.23 bits per heavy atom. The van der Waals surface area contributed by atoms with Crippen LogP contribution in [-0.2, 0) is 0 Å². The molecule has 5 heteroatoms. The quantitative estimate of drug-likeness (QED) is 0.918. The maximum absolute atomic E-state index is 5.47. The van der Waals surface area contributed by atoms with Crippen LogP contribution in [0.1, 0.15) is 25.0 Å². The first-order valence-electron chi connectivity index (χ1n) is 7.75. The standard InChI is InChI=1S/C17H19N3OS/c1-21-17-16(19-13-4-2-3-5-14(13)20-17)15-9-8-12(22-15)10-18-11-6-7-11/h2-5,9,11-12,18H,6-8,10H2,1H3. The highest BCUT2D eigenvalue weighted by Crippen LogP contribution is 2.41. The summed E-state index contributed by atoms with van der Waals surface area (Å²) in [6.45, 7) is 1.07. The largest absolute Gasteiger partial charge is 0.479 e. The van der Waals surface area contributed by atoms with Crippen molar-refractivity contribution in [3.05, 3.63) is 36.0 Å². The molecule has 0 radical (unpaired) electrons. The predicted octanol–water partition coefficient (Wildman–Crippen LogP) is 3.24. The summed E-state index contributed by atoms with van der Waals surface area (Å²) in [5.41, 5.74) is 2.66. The summed E-state index contributed by atoms with van der Waals surface area (Å²) in [6.07, 6.45) is 6.02. The third kappa shape index (κ3) is 2.83. The smallest absolute Gasteiger partial charge is 0.241 e. The van der Waals surface area contributed by atoms with Crippen LogP contribution in [0.25, 0.3) is 15.9 Å². The van der Waals surface area contributed by atoms with Crippen molar-refractivity contribution in [3.63, 3.8) is 0 Å². The van der Waals surface area contributed by atoms with Crippen LogP contribution in [0.4, 0.5) is 0 Å². The average Bonchev–Trinajstić information content (AvgIpc) is 3.28. The monoisotopic (exact) mass is 313 g/mol. The van der Waals surface area contributed by atoms with Crippen LogP contribution in [0.2, 0.25) is 0 Å². The molecule has 1 aromatic heterocycles. The summed E-state index contributed by atoms with van der Waals surface area (Å²) in [5, 5.41) is 4.20. The summed E-state index contributed by atoms with van der Waals surface area (Å²) in [5.74, 6) is 0.619. The molecule has 1 saturated carbocycles. The van der Waals surface area contributed by atoms with E-state index in [0.29, 0.717) is 11.1 Å². The summed E-state index contributed by atoms with van der Waals surface area (Å²) >= 11 is 1.89. The van der Waals surface area contributed by atoms with Crippen LogP contribution < -0.4 is 10.1 Å². The van der Waals surface area contributed by atoms with Gasteiger partial charge in [0.2, 0.25) is 5.88 Å². The fourth-order valence-corrected chi connectivity index (χ4v) is 3.83. The first kappa shape index (κ1) is 14.0. The van der Waals surface area contributed by atoms with E-state index < -0.39 is 0 Å². The fourth-order valence-electron chi connectivity index (χ4n) is 2.66. The molecule has 1 fully saturated rings. The molecule has 1 atom stereocenters. The van der Waals surface area contributed by atoms with Crippen molar-refractivity contribution in [1.29, 1.82) is 0 Å². The minimum absolute atomic E-state index is 0.591. The Morgan fingerprint density at radius 3 is 2.73 bits per heavy atom. The van der Waals surface area contributed by atoms with E-state index in [1.54, 1.807) is 7.11 Å². The average molecular weight is 313 g/mol. The molecule has 2 aromatic rings. The number of para-hydroxylation sites is 2. The van der Waals surface area contributed by atoms with E-state index in [4.69, 9.17) is 9.72 Å². The number of allylic oxidation sites excluding steroid dienone is 1. The van der Waals surface area contributed by atoms with Crippen LogP contribution >= 0.6 is 11.8 Å². The Kier molecular flexibility index (Phi) is 3.76. The van der Waals surface area contributed by atoms with Crippen LogP contribution in [0.15, 0.2) is 30.3 Å². The summed E-state index contributed by atoms with van der Waals surface area (Å²) in [6, 6.07) is 8.69. The number of benzene rings is 1. The van der Waals surface area contributed by atoms with Crippen molar-refractivity contribution >= 4 is 27.7 Å². The van der Waals surface area contributed by atoms with E-state index in [-0.39, 0.29) is 0 Å². The second kappa shape index (κ2) is 5.89. The van der Waals surface area contributed by atoms with Gasteiger partial charge in [-0.2, -0.15) is 0 Å². The lowest BCUT2D eigenvalue weighted by Crippen LogP contribution is -2.25. The SMILES string of the molecule is COc1nc2ccccc2nc1C1=CCC(CNC2CC2)S1. The van der Waals surface area contributed by atoms with Crippen molar-refractivity contribution in [3.8, 4) is 5.88 Å². The van der Waals surface area contributed by atoms with Crippen LogP contribution in [0, 0.1) is 0 Å². The number of nitrogens with one attached hydrogen (secondary N) is 1. The summed E-state index contributed by atoms with van der Waals surface area (Å²) < 4.78 is 5.47. The molecule has 2 heterocycles. The molecular weight excluding hydrogens is 294 g/mol. The van der Waals surface area contributed by atoms with Gasteiger partial charge in [0.05, 0.1) is 18.1 Å². The van der Waals surface area contributed by atoms with Gasteiger partial charge in [-0.3, -0.25) is 0 Å². The van der Waals surface area contributed by atoms with Crippen molar-refractivity contribution in [2.24, 2.45) is 0 Å². The Balaban J connectivity index is 1.57. The molecule has 0 amide bonds. The zero-order valence-corrected chi connectivity index (χ0v) is 13.4. The molecule has 114 valence electrons. The number of aromatic nitrogens is 2. The van der Waals surface area contributed by atoms with Crippen LogP contribution in [0.3, 0.4) is 0 Å². The molecule has 1 N–H and O–H groups in total. The van der Waals surface area contributed by atoms with Gasteiger partial charge in [-0.05, 0) is 31.4 Å². The number of rotatable bonds is 5. The molecule has 0 saturated heterocycles. The van der Waals surface area contributed by atoms with Gasteiger partial charge in [-0.25, -0.2) is 9.97 Å².